The van der Waals surface area contributed by atoms with Crippen LogP contribution in [0.5, 0.6) is 0 Å². The van der Waals surface area contributed by atoms with Gasteiger partial charge in [-0.15, -0.1) is 0 Å². The summed E-state index contributed by atoms with van der Waals surface area (Å²) >= 11 is 0. The van der Waals surface area contributed by atoms with Gasteiger partial charge in [-0.05, 0) is 13.8 Å². The Morgan fingerprint density at radius 3 is 2.29 bits per heavy atom. The van der Waals surface area contributed by atoms with E-state index in [1.807, 2.05) is 0 Å². The zero-order valence-electron chi connectivity index (χ0n) is 10.8. The zero-order chi connectivity index (χ0) is 13.1. The van der Waals surface area contributed by atoms with Crippen LogP contribution >= 0.6 is 0 Å². The number of hydrogen-bond donors (Lipinski definition) is 2. The lowest BCUT2D eigenvalue weighted by Gasteiger charge is -2.24. The third-order valence-corrected chi connectivity index (χ3v) is 2.74. The van der Waals surface area contributed by atoms with Crippen LogP contribution in [0.4, 0.5) is 0 Å². The second-order valence-corrected chi connectivity index (χ2v) is 4.53. The highest BCUT2D eigenvalue weighted by Gasteiger charge is 2.44. The fourth-order valence-corrected chi connectivity index (χ4v) is 1.95. The summed E-state index contributed by atoms with van der Waals surface area (Å²) in [5, 5.41) is 19.2. The summed E-state index contributed by atoms with van der Waals surface area (Å²) in [7, 11) is 3.00. The fraction of sp³-hybridized carbons (Fsp3) is 1.00. The van der Waals surface area contributed by atoms with Gasteiger partial charge in [-0.25, -0.2) is 0 Å². The topological polar surface area (TPSA) is 77.4 Å². The number of methoxy groups -OCH3 is 2. The lowest BCUT2D eigenvalue weighted by Crippen LogP contribution is -2.39. The summed E-state index contributed by atoms with van der Waals surface area (Å²) < 4.78 is 21.0. The molecule has 1 aliphatic heterocycles. The van der Waals surface area contributed by atoms with E-state index in [1.54, 1.807) is 13.8 Å². The highest BCUT2D eigenvalue weighted by atomic mass is 16.8. The monoisotopic (exact) mass is 250 g/mol. The molecule has 1 heterocycles. The Balaban J connectivity index is 2.58. The van der Waals surface area contributed by atoms with E-state index in [-0.39, 0.29) is 13.0 Å². The number of ether oxygens (including phenoxy) is 4. The Bertz CT molecular complexity index is 228. The smallest absolute Gasteiger partial charge is 0.164 e. The highest BCUT2D eigenvalue weighted by Crippen LogP contribution is 2.31. The van der Waals surface area contributed by atoms with Gasteiger partial charge >= 0.3 is 0 Å². The van der Waals surface area contributed by atoms with Gasteiger partial charge in [0.15, 0.2) is 12.1 Å². The summed E-state index contributed by atoms with van der Waals surface area (Å²) in [4.78, 5) is 0. The molecule has 102 valence electrons. The summed E-state index contributed by atoms with van der Waals surface area (Å²) in [5.41, 5.74) is 0. The molecule has 0 radical (unpaired) electrons. The first-order valence-corrected chi connectivity index (χ1v) is 5.63. The van der Waals surface area contributed by atoms with Crippen molar-refractivity contribution in [3.8, 4) is 0 Å². The Labute approximate surface area is 101 Å². The van der Waals surface area contributed by atoms with Crippen molar-refractivity contribution in [3.63, 3.8) is 0 Å². The molecule has 1 rings (SSSR count). The van der Waals surface area contributed by atoms with Crippen molar-refractivity contribution < 1.29 is 29.2 Å². The lowest BCUT2D eigenvalue weighted by atomic mass is 10.1. The van der Waals surface area contributed by atoms with Gasteiger partial charge in [0.1, 0.15) is 12.2 Å². The van der Waals surface area contributed by atoms with E-state index in [0.717, 1.165) is 0 Å². The Morgan fingerprint density at radius 2 is 1.82 bits per heavy atom. The molecule has 0 unspecified atom stereocenters. The van der Waals surface area contributed by atoms with Gasteiger partial charge in [-0.3, -0.25) is 0 Å². The molecule has 0 aliphatic carbocycles. The summed E-state index contributed by atoms with van der Waals surface area (Å²) in [6, 6.07) is 0. The largest absolute Gasteiger partial charge is 0.394 e. The van der Waals surface area contributed by atoms with Crippen LogP contribution in [-0.4, -0.2) is 61.4 Å². The molecule has 0 bridgehead atoms. The van der Waals surface area contributed by atoms with Gasteiger partial charge in [0, 0.05) is 20.6 Å². The molecule has 0 aromatic carbocycles. The molecule has 1 fully saturated rings. The fourth-order valence-electron chi connectivity index (χ4n) is 1.95. The van der Waals surface area contributed by atoms with E-state index < -0.39 is 30.4 Å². The number of hydrogen-bond acceptors (Lipinski definition) is 6. The molecule has 6 nitrogen and oxygen atoms in total. The second-order valence-electron chi connectivity index (χ2n) is 4.53. The quantitative estimate of drug-likeness (QED) is 0.639. The minimum Gasteiger partial charge on any atom is -0.394 e. The van der Waals surface area contributed by atoms with Crippen LogP contribution < -0.4 is 0 Å². The lowest BCUT2D eigenvalue weighted by molar-refractivity contribution is -0.168. The maximum absolute atomic E-state index is 10.0. The molecule has 6 heteroatoms. The van der Waals surface area contributed by atoms with Gasteiger partial charge in [-0.1, -0.05) is 0 Å². The van der Waals surface area contributed by atoms with Crippen LogP contribution in [0.25, 0.3) is 0 Å². The molecule has 2 N–H and O–H groups in total. The predicted octanol–water partition coefficient (Wildman–Crippen LogP) is -0.131. The molecule has 0 spiro atoms. The van der Waals surface area contributed by atoms with E-state index in [4.69, 9.17) is 18.9 Å². The average molecular weight is 250 g/mol. The maximum Gasteiger partial charge on any atom is 0.164 e. The first-order chi connectivity index (χ1) is 7.93. The van der Waals surface area contributed by atoms with Crippen LogP contribution in [0.15, 0.2) is 0 Å². The maximum atomic E-state index is 10.0. The molecule has 0 aromatic heterocycles. The third kappa shape index (κ3) is 3.87. The summed E-state index contributed by atoms with van der Waals surface area (Å²) in [6.45, 7) is 3.29. The number of rotatable bonds is 6. The second kappa shape index (κ2) is 6.08. The van der Waals surface area contributed by atoms with Crippen LogP contribution in [0.3, 0.4) is 0 Å². The van der Waals surface area contributed by atoms with Gasteiger partial charge in [0.25, 0.3) is 0 Å². The SMILES string of the molecule is COC(C[C@@H](O)[C@H]1OC(C)(C)O[C@@H]1CO)OC. The molecule has 3 atom stereocenters. The minimum atomic E-state index is -0.821. The van der Waals surface area contributed by atoms with Crippen molar-refractivity contribution in [2.45, 2.75) is 50.7 Å². The van der Waals surface area contributed by atoms with E-state index in [1.165, 1.54) is 14.2 Å². The molecule has 1 aliphatic rings. The van der Waals surface area contributed by atoms with E-state index in [0.29, 0.717) is 0 Å². The van der Waals surface area contributed by atoms with Crippen molar-refractivity contribution in [1.82, 2.24) is 0 Å². The van der Waals surface area contributed by atoms with Crippen molar-refractivity contribution in [1.29, 1.82) is 0 Å². The zero-order valence-corrected chi connectivity index (χ0v) is 10.8. The van der Waals surface area contributed by atoms with Gasteiger partial charge in [0.05, 0.1) is 12.7 Å². The van der Waals surface area contributed by atoms with Crippen molar-refractivity contribution >= 4 is 0 Å². The Morgan fingerprint density at radius 1 is 1.24 bits per heavy atom. The Kier molecular flexibility index (Phi) is 5.30. The van der Waals surface area contributed by atoms with Crippen LogP contribution in [0.1, 0.15) is 20.3 Å². The normalized spacial score (nSPS) is 29.8. The first kappa shape index (κ1) is 14.8. The third-order valence-electron chi connectivity index (χ3n) is 2.74. The van der Waals surface area contributed by atoms with Crippen LogP contribution in [0.2, 0.25) is 0 Å². The molecule has 1 saturated heterocycles. The molecule has 0 amide bonds. The average Bonchev–Trinajstić information content (AvgIpc) is 2.61. The Hall–Kier alpha value is -0.240. The number of aliphatic hydroxyl groups is 2. The van der Waals surface area contributed by atoms with Crippen molar-refractivity contribution in [2.24, 2.45) is 0 Å². The molecular formula is C11H22O6. The van der Waals surface area contributed by atoms with E-state index in [2.05, 4.69) is 0 Å². The molecular weight excluding hydrogens is 228 g/mol. The van der Waals surface area contributed by atoms with Crippen LogP contribution in [0, 0.1) is 0 Å². The molecule has 0 aromatic rings. The first-order valence-electron chi connectivity index (χ1n) is 5.63. The number of aliphatic hydroxyl groups excluding tert-OH is 2. The standard InChI is InChI=1S/C11H22O6/c1-11(2)16-8(6-12)10(17-11)7(13)5-9(14-3)15-4/h7-10,12-13H,5-6H2,1-4H3/t7-,8-,10-/m1/s1. The summed E-state index contributed by atoms with van der Waals surface area (Å²) in [6.07, 6.45) is -2.18. The van der Waals surface area contributed by atoms with Gasteiger partial charge in [-0.2, -0.15) is 0 Å². The van der Waals surface area contributed by atoms with Crippen molar-refractivity contribution in [3.05, 3.63) is 0 Å². The van der Waals surface area contributed by atoms with E-state index >= 15 is 0 Å². The summed E-state index contributed by atoms with van der Waals surface area (Å²) in [5.74, 6) is -0.797. The minimum absolute atomic E-state index is 0.199. The van der Waals surface area contributed by atoms with E-state index in [9.17, 15) is 10.2 Å². The van der Waals surface area contributed by atoms with Gasteiger partial charge < -0.3 is 29.2 Å². The van der Waals surface area contributed by atoms with Gasteiger partial charge in [0.2, 0.25) is 0 Å². The van der Waals surface area contributed by atoms with Crippen LogP contribution in [-0.2, 0) is 18.9 Å². The molecule has 17 heavy (non-hydrogen) atoms. The predicted molar refractivity (Wildman–Crippen MR) is 59.3 cm³/mol. The molecule has 0 saturated carbocycles. The van der Waals surface area contributed by atoms with Crippen molar-refractivity contribution in [2.75, 3.05) is 20.8 Å². The highest BCUT2D eigenvalue weighted by molar-refractivity contribution is 4.86.